The van der Waals surface area contributed by atoms with E-state index in [0.29, 0.717) is 19.6 Å². The van der Waals surface area contributed by atoms with Crippen molar-refractivity contribution in [1.29, 1.82) is 0 Å². The molecule has 3 aromatic carbocycles. The molecule has 0 saturated heterocycles. The van der Waals surface area contributed by atoms with Gasteiger partial charge in [-0.25, -0.2) is 0 Å². The van der Waals surface area contributed by atoms with Crippen LogP contribution in [-0.4, -0.2) is 34.4 Å². The summed E-state index contributed by atoms with van der Waals surface area (Å²) in [5.41, 5.74) is 1.15. The smallest absolute Gasteiger partial charge is 0.261 e. The summed E-state index contributed by atoms with van der Waals surface area (Å²) in [6.45, 7) is 8.22. The highest BCUT2D eigenvalue weighted by atomic mass is 28.4. The molecule has 3 rings (SSSR count). The molecule has 0 aliphatic heterocycles. The van der Waals surface area contributed by atoms with E-state index in [0.717, 1.165) is 49.7 Å². The molecule has 0 fully saturated rings. The molecule has 0 bridgehead atoms. The largest absolute Gasteiger partial charge is 0.497 e. The second-order valence-corrected chi connectivity index (χ2v) is 16.3. The van der Waals surface area contributed by atoms with E-state index >= 15 is 0 Å². The van der Waals surface area contributed by atoms with Crippen molar-refractivity contribution in [2.24, 2.45) is 0 Å². The Morgan fingerprint density at radius 3 is 1.83 bits per heavy atom. The molecule has 0 spiro atoms. The van der Waals surface area contributed by atoms with E-state index in [-0.39, 0.29) is 11.1 Å². The van der Waals surface area contributed by atoms with E-state index in [2.05, 4.69) is 93.6 Å². The highest BCUT2D eigenvalue weighted by Gasteiger charge is 2.50. The molecule has 3 aromatic rings. The van der Waals surface area contributed by atoms with Crippen LogP contribution in [0.5, 0.6) is 5.75 Å². The van der Waals surface area contributed by atoms with E-state index in [1.807, 2.05) is 12.1 Å². The van der Waals surface area contributed by atoms with Crippen LogP contribution in [0.3, 0.4) is 0 Å². The molecule has 1 atom stereocenters. The topological polar surface area (TPSA) is 44.8 Å². The van der Waals surface area contributed by atoms with Crippen LogP contribution in [-0.2, 0) is 20.6 Å². The molecule has 5 heteroatoms. The quantitative estimate of drug-likeness (QED) is 0.0830. The van der Waals surface area contributed by atoms with Crippen LogP contribution in [0.2, 0.25) is 5.04 Å². The van der Waals surface area contributed by atoms with Crippen LogP contribution in [0.4, 0.5) is 0 Å². The molecule has 0 saturated carbocycles. The van der Waals surface area contributed by atoms with E-state index in [4.69, 9.17) is 13.9 Å². The van der Waals surface area contributed by atoms with Crippen molar-refractivity contribution in [2.75, 3.05) is 13.7 Å². The lowest BCUT2D eigenvalue weighted by Gasteiger charge is -2.43. The van der Waals surface area contributed by atoms with Crippen molar-refractivity contribution in [3.05, 3.63) is 90.5 Å². The number of carbonyl (C=O) groups is 1. The van der Waals surface area contributed by atoms with Crippen molar-refractivity contribution in [2.45, 2.75) is 96.3 Å². The van der Waals surface area contributed by atoms with Gasteiger partial charge in [-0.1, -0.05) is 126 Å². The van der Waals surface area contributed by atoms with Gasteiger partial charge in [0, 0.05) is 13.0 Å². The van der Waals surface area contributed by atoms with Gasteiger partial charge in [-0.15, -0.1) is 0 Å². The number of unbranched alkanes of at least 4 members (excludes halogenated alkanes) is 6. The van der Waals surface area contributed by atoms with Crippen LogP contribution in [0.1, 0.15) is 84.1 Å². The molecule has 0 amide bonds. The minimum absolute atomic E-state index is 0.0427. The van der Waals surface area contributed by atoms with Crippen molar-refractivity contribution >= 4 is 25.0 Å². The van der Waals surface area contributed by atoms with E-state index in [9.17, 15) is 4.79 Å². The summed E-state index contributed by atoms with van der Waals surface area (Å²) in [7, 11) is -0.878. The highest BCUT2D eigenvalue weighted by Crippen LogP contribution is 2.37. The maximum absolute atomic E-state index is 10.5. The van der Waals surface area contributed by atoms with Crippen molar-refractivity contribution in [1.82, 2.24) is 0 Å². The lowest BCUT2D eigenvalue weighted by Crippen LogP contribution is -2.66. The normalized spacial score (nSPS) is 12.7. The summed E-state index contributed by atoms with van der Waals surface area (Å²) in [5, 5.41) is 2.58. The highest BCUT2D eigenvalue weighted by molar-refractivity contribution is 6.99. The van der Waals surface area contributed by atoms with Gasteiger partial charge in [0.2, 0.25) is 0 Å². The second-order valence-electron chi connectivity index (χ2n) is 11.9. The third-order valence-electron chi connectivity index (χ3n) is 7.92. The maximum atomic E-state index is 10.5. The zero-order valence-corrected chi connectivity index (χ0v) is 26.6. The maximum Gasteiger partial charge on any atom is 0.261 e. The van der Waals surface area contributed by atoms with Crippen LogP contribution >= 0.6 is 0 Å². The second kappa shape index (κ2) is 17.3. The minimum atomic E-state index is -2.57. The van der Waals surface area contributed by atoms with E-state index in [1.54, 1.807) is 7.11 Å². The minimum Gasteiger partial charge on any atom is -0.497 e. The Balaban J connectivity index is 1.70. The first-order chi connectivity index (χ1) is 19.9. The molecule has 4 nitrogen and oxygen atoms in total. The molecule has 41 heavy (non-hydrogen) atoms. The van der Waals surface area contributed by atoms with Gasteiger partial charge in [0.25, 0.3) is 8.32 Å². The fraction of sp³-hybridized carbons (Fsp3) is 0.472. The Labute approximate surface area is 249 Å². The number of hydrogen-bond donors (Lipinski definition) is 0. The first-order valence-electron chi connectivity index (χ1n) is 15.3. The van der Waals surface area contributed by atoms with E-state index < -0.39 is 8.32 Å². The SMILES string of the molecule is COc1ccc(CO[C@H](CCCCCCCCC=O)CCO[Si](c2ccccc2)(c2ccccc2)C(C)(C)C)cc1. The predicted molar refractivity (Wildman–Crippen MR) is 173 cm³/mol. The summed E-state index contributed by atoms with van der Waals surface area (Å²) in [6, 6.07) is 29.8. The molecular formula is C36H50O4Si. The molecule has 0 radical (unpaired) electrons. The molecule has 0 unspecified atom stereocenters. The van der Waals surface area contributed by atoms with Crippen LogP contribution in [0.15, 0.2) is 84.9 Å². The number of benzene rings is 3. The summed E-state index contributed by atoms with van der Waals surface area (Å²) in [4.78, 5) is 10.5. The van der Waals surface area contributed by atoms with Gasteiger partial charge in [-0.3, -0.25) is 0 Å². The number of hydrogen-bond acceptors (Lipinski definition) is 4. The molecule has 0 aliphatic carbocycles. The van der Waals surface area contributed by atoms with Crippen LogP contribution < -0.4 is 15.1 Å². The Bertz CT molecular complexity index is 1070. The van der Waals surface area contributed by atoms with Gasteiger partial charge in [0.1, 0.15) is 12.0 Å². The zero-order valence-electron chi connectivity index (χ0n) is 25.6. The Morgan fingerprint density at radius 2 is 1.29 bits per heavy atom. The van der Waals surface area contributed by atoms with E-state index in [1.165, 1.54) is 29.6 Å². The first kappa shape index (κ1) is 32.8. The summed E-state index contributed by atoms with van der Waals surface area (Å²) < 4.78 is 19.0. The van der Waals surface area contributed by atoms with Gasteiger partial charge in [0.15, 0.2) is 0 Å². The average Bonchev–Trinajstić information content (AvgIpc) is 2.99. The fourth-order valence-corrected chi connectivity index (χ4v) is 10.2. The van der Waals surface area contributed by atoms with Gasteiger partial charge in [0.05, 0.1) is 19.8 Å². The number of aldehydes is 1. The molecule has 0 aromatic heterocycles. The number of carbonyl (C=O) groups excluding carboxylic acids is 1. The number of ether oxygens (including phenoxy) is 2. The van der Waals surface area contributed by atoms with Gasteiger partial charge in [-0.2, -0.15) is 0 Å². The van der Waals surface area contributed by atoms with Crippen LogP contribution in [0.25, 0.3) is 0 Å². The Morgan fingerprint density at radius 1 is 0.732 bits per heavy atom. The predicted octanol–water partition coefficient (Wildman–Crippen LogP) is 7.87. The van der Waals surface area contributed by atoms with Crippen molar-refractivity contribution < 1.29 is 18.7 Å². The van der Waals surface area contributed by atoms with Crippen molar-refractivity contribution in [3.8, 4) is 5.75 Å². The molecule has 0 heterocycles. The molecule has 0 aliphatic rings. The summed E-state index contributed by atoms with van der Waals surface area (Å²) in [6.07, 6.45) is 10.6. The lowest BCUT2D eigenvalue weighted by atomic mass is 10.0. The van der Waals surface area contributed by atoms with Crippen molar-refractivity contribution in [3.63, 3.8) is 0 Å². The third kappa shape index (κ3) is 9.95. The standard InChI is InChI=1S/C36H50O4Si/c1-36(2,3)41(34-19-13-10-14-20-34,35-21-15-11-16-22-35)40-29-27-33(18-12-8-6-5-7-9-17-28-37)39-30-31-23-25-32(38-4)26-24-31/h10-11,13-16,19-26,28,33H,5-9,12,17-18,27,29-30H2,1-4H3/t33-/m1/s1. The molecule has 0 N–H and O–H groups in total. The Kier molecular flexibility index (Phi) is 13.8. The van der Waals surface area contributed by atoms with Crippen LogP contribution in [0, 0.1) is 0 Å². The number of methoxy groups -OCH3 is 1. The fourth-order valence-electron chi connectivity index (χ4n) is 5.66. The zero-order chi connectivity index (χ0) is 29.4. The molecule has 222 valence electrons. The number of rotatable bonds is 19. The van der Waals surface area contributed by atoms with Gasteiger partial charge < -0.3 is 18.7 Å². The average molecular weight is 575 g/mol. The third-order valence-corrected chi connectivity index (χ3v) is 13.0. The summed E-state index contributed by atoms with van der Waals surface area (Å²) >= 11 is 0. The first-order valence-corrected chi connectivity index (χ1v) is 17.2. The lowest BCUT2D eigenvalue weighted by molar-refractivity contribution is -0.107. The van der Waals surface area contributed by atoms with Gasteiger partial charge in [-0.05, 0) is 52.4 Å². The van der Waals surface area contributed by atoms with Gasteiger partial charge >= 0.3 is 0 Å². The monoisotopic (exact) mass is 574 g/mol. The Hall–Kier alpha value is -2.73. The summed E-state index contributed by atoms with van der Waals surface area (Å²) in [5.74, 6) is 0.858. The molecular weight excluding hydrogens is 524 g/mol.